The molecule has 0 aromatic carbocycles. The Morgan fingerprint density at radius 2 is 1.79 bits per heavy atom. The zero-order valence-corrected chi connectivity index (χ0v) is 11.1. The van der Waals surface area contributed by atoms with Gasteiger partial charge in [-0.3, -0.25) is 10.2 Å². The van der Waals surface area contributed by atoms with Crippen molar-refractivity contribution in [2.75, 3.05) is 0 Å². The van der Waals surface area contributed by atoms with Gasteiger partial charge in [-0.1, -0.05) is 0 Å². The zero-order chi connectivity index (χ0) is 13.0. The summed E-state index contributed by atoms with van der Waals surface area (Å²) in [6.45, 7) is 0. The highest BCUT2D eigenvalue weighted by molar-refractivity contribution is 5.92. The molecule has 19 heavy (non-hydrogen) atoms. The van der Waals surface area contributed by atoms with E-state index in [4.69, 9.17) is 5.84 Å². The molecule has 4 bridgehead atoms. The molecule has 1 heterocycles. The third-order valence-electron chi connectivity index (χ3n) is 5.64. The van der Waals surface area contributed by atoms with Crippen LogP contribution in [0, 0.1) is 23.7 Å². The third-order valence-corrected chi connectivity index (χ3v) is 5.64. The number of nitrogens with two attached hydrogens (primary N) is 1. The lowest BCUT2D eigenvalue weighted by molar-refractivity contribution is -0.0296. The quantitative estimate of drug-likeness (QED) is 0.485. The van der Waals surface area contributed by atoms with Crippen LogP contribution in [0.2, 0.25) is 0 Å². The van der Waals surface area contributed by atoms with E-state index in [1.807, 2.05) is 12.1 Å². The summed E-state index contributed by atoms with van der Waals surface area (Å²) in [4.78, 5) is 11.9. The van der Waals surface area contributed by atoms with Crippen LogP contribution in [-0.2, 0) is 0 Å². The Morgan fingerprint density at radius 3 is 2.37 bits per heavy atom. The number of hydrogen-bond donors (Lipinski definition) is 2. The van der Waals surface area contributed by atoms with Crippen molar-refractivity contribution in [3.63, 3.8) is 0 Å². The highest BCUT2D eigenvalue weighted by Gasteiger charge is 2.49. The van der Waals surface area contributed by atoms with Gasteiger partial charge in [0.1, 0.15) is 5.69 Å². The second-order valence-electron chi connectivity index (χ2n) is 6.70. The number of nitrogens with one attached hydrogen (secondary N) is 1. The van der Waals surface area contributed by atoms with Gasteiger partial charge in [-0.2, -0.15) is 0 Å². The predicted molar refractivity (Wildman–Crippen MR) is 72.2 cm³/mol. The Labute approximate surface area is 113 Å². The Kier molecular flexibility index (Phi) is 2.49. The minimum atomic E-state index is -0.168. The molecule has 0 saturated heterocycles. The lowest BCUT2D eigenvalue weighted by Gasteiger charge is -2.55. The Bertz CT molecular complexity index is 479. The molecule has 0 aliphatic heterocycles. The number of carbonyl (C=O) groups is 1. The van der Waals surface area contributed by atoms with Gasteiger partial charge in [-0.05, 0) is 67.9 Å². The fraction of sp³-hybridized carbons (Fsp3) is 0.667. The molecule has 0 radical (unpaired) electrons. The maximum Gasteiger partial charge on any atom is 0.281 e. The molecule has 5 rings (SSSR count). The number of hydrazine groups is 1. The van der Waals surface area contributed by atoms with E-state index in [0.29, 0.717) is 6.04 Å². The van der Waals surface area contributed by atoms with E-state index in [2.05, 4.69) is 16.2 Å². The van der Waals surface area contributed by atoms with E-state index in [1.54, 1.807) is 0 Å². The highest BCUT2D eigenvalue weighted by Crippen LogP contribution is 2.58. The largest absolute Gasteiger partial charge is 0.340 e. The van der Waals surface area contributed by atoms with Crippen molar-refractivity contribution in [3.05, 3.63) is 24.0 Å². The van der Waals surface area contributed by atoms with Crippen molar-refractivity contribution in [2.45, 2.75) is 38.1 Å². The minimum absolute atomic E-state index is 0.168. The van der Waals surface area contributed by atoms with Gasteiger partial charge in [0.05, 0.1) is 0 Å². The first-order valence-corrected chi connectivity index (χ1v) is 7.44. The SMILES string of the molecule is NNC(=O)c1cccn1C1C2CC3CC(C2)CC1C3. The molecular formula is C15H21N3O. The van der Waals surface area contributed by atoms with E-state index in [1.165, 1.54) is 32.1 Å². The molecule has 102 valence electrons. The summed E-state index contributed by atoms with van der Waals surface area (Å²) < 4.78 is 2.20. The fourth-order valence-corrected chi connectivity index (χ4v) is 5.27. The number of nitrogens with zero attached hydrogens (tertiary/aromatic N) is 1. The molecule has 0 spiro atoms. The molecule has 4 fully saturated rings. The molecule has 4 saturated carbocycles. The van der Waals surface area contributed by atoms with Crippen molar-refractivity contribution in [1.29, 1.82) is 0 Å². The van der Waals surface area contributed by atoms with E-state index in [9.17, 15) is 4.79 Å². The summed E-state index contributed by atoms with van der Waals surface area (Å²) in [7, 11) is 0. The summed E-state index contributed by atoms with van der Waals surface area (Å²) in [5, 5.41) is 0. The number of hydrogen-bond acceptors (Lipinski definition) is 2. The van der Waals surface area contributed by atoms with E-state index < -0.39 is 0 Å². The van der Waals surface area contributed by atoms with Gasteiger partial charge in [0.15, 0.2) is 0 Å². The maximum absolute atomic E-state index is 11.9. The Hall–Kier alpha value is -1.29. The van der Waals surface area contributed by atoms with Crippen LogP contribution in [0.15, 0.2) is 18.3 Å². The minimum Gasteiger partial charge on any atom is -0.340 e. The Morgan fingerprint density at radius 1 is 1.16 bits per heavy atom. The molecule has 4 nitrogen and oxygen atoms in total. The van der Waals surface area contributed by atoms with Crippen LogP contribution in [0.5, 0.6) is 0 Å². The van der Waals surface area contributed by atoms with Crippen LogP contribution >= 0.6 is 0 Å². The summed E-state index contributed by atoms with van der Waals surface area (Å²) in [6, 6.07) is 4.37. The second-order valence-corrected chi connectivity index (χ2v) is 6.70. The van der Waals surface area contributed by atoms with Gasteiger partial charge in [0, 0.05) is 12.2 Å². The number of carbonyl (C=O) groups excluding carboxylic acids is 1. The van der Waals surface area contributed by atoms with Crippen LogP contribution in [0.25, 0.3) is 0 Å². The third kappa shape index (κ3) is 1.66. The second kappa shape index (κ2) is 4.10. The Balaban J connectivity index is 1.69. The molecular weight excluding hydrogens is 238 g/mol. The molecule has 1 amide bonds. The van der Waals surface area contributed by atoms with Crippen LogP contribution in [0.3, 0.4) is 0 Å². The van der Waals surface area contributed by atoms with Crippen LogP contribution < -0.4 is 11.3 Å². The topological polar surface area (TPSA) is 60.0 Å². The monoisotopic (exact) mass is 259 g/mol. The number of rotatable bonds is 2. The van der Waals surface area contributed by atoms with Crippen LogP contribution in [0.4, 0.5) is 0 Å². The smallest absolute Gasteiger partial charge is 0.281 e. The normalized spacial score (nSPS) is 39.5. The number of nitrogen functional groups attached to an aromatic ring is 1. The number of aromatic nitrogens is 1. The lowest BCUT2D eigenvalue weighted by Crippen LogP contribution is -2.46. The molecule has 4 aliphatic carbocycles. The molecule has 0 unspecified atom stereocenters. The van der Waals surface area contributed by atoms with Gasteiger partial charge in [-0.15, -0.1) is 0 Å². The van der Waals surface area contributed by atoms with Gasteiger partial charge >= 0.3 is 0 Å². The lowest BCUT2D eigenvalue weighted by atomic mass is 9.54. The van der Waals surface area contributed by atoms with Gasteiger partial charge in [0.2, 0.25) is 0 Å². The van der Waals surface area contributed by atoms with Gasteiger partial charge in [-0.25, -0.2) is 5.84 Å². The summed E-state index contributed by atoms with van der Waals surface area (Å²) in [5.41, 5.74) is 2.99. The summed E-state index contributed by atoms with van der Waals surface area (Å²) in [6.07, 6.45) is 8.97. The molecule has 0 atom stereocenters. The van der Waals surface area contributed by atoms with Crippen LogP contribution in [0.1, 0.15) is 48.6 Å². The first-order chi connectivity index (χ1) is 9.26. The highest BCUT2D eigenvalue weighted by atomic mass is 16.2. The number of amides is 1. The summed E-state index contributed by atoms with van der Waals surface area (Å²) >= 11 is 0. The van der Waals surface area contributed by atoms with Crippen molar-refractivity contribution in [3.8, 4) is 0 Å². The van der Waals surface area contributed by atoms with E-state index in [-0.39, 0.29) is 5.91 Å². The molecule has 1 aromatic rings. The summed E-state index contributed by atoms with van der Waals surface area (Å²) in [5.74, 6) is 8.59. The first-order valence-electron chi connectivity index (χ1n) is 7.44. The van der Waals surface area contributed by atoms with E-state index >= 15 is 0 Å². The van der Waals surface area contributed by atoms with Crippen molar-refractivity contribution in [2.24, 2.45) is 29.5 Å². The average molecular weight is 259 g/mol. The van der Waals surface area contributed by atoms with E-state index in [0.717, 1.165) is 29.4 Å². The predicted octanol–water partition coefficient (Wildman–Crippen LogP) is 2.09. The maximum atomic E-state index is 11.9. The first kappa shape index (κ1) is 11.5. The van der Waals surface area contributed by atoms with Crippen LogP contribution in [-0.4, -0.2) is 10.5 Å². The molecule has 4 aliphatic rings. The van der Waals surface area contributed by atoms with Crippen molar-refractivity contribution < 1.29 is 4.79 Å². The van der Waals surface area contributed by atoms with Crippen molar-refractivity contribution >= 4 is 5.91 Å². The standard InChI is InChI=1S/C15H21N3O/c16-17-15(19)13-2-1-3-18(13)14-11-5-9-4-10(7-11)8-12(14)6-9/h1-3,9-12,14H,4-8,16H2,(H,17,19). The zero-order valence-electron chi connectivity index (χ0n) is 11.1. The molecule has 1 aromatic heterocycles. The van der Waals surface area contributed by atoms with Gasteiger partial charge in [0.25, 0.3) is 5.91 Å². The van der Waals surface area contributed by atoms with Crippen molar-refractivity contribution in [1.82, 2.24) is 9.99 Å². The van der Waals surface area contributed by atoms with Gasteiger partial charge < -0.3 is 4.57 Å². The molecule has 4 heteroatoms. The average Bonchev–Trinajstić information content (AvgIpc) is 2.85. The fourth-order valence-electron chi connectivity index (χ4n) is 5.27. The molecule has 3 N–H and O–H groups in total.